The molecule has 3 aromatic rings. The zero-order valence-corrected chi connectivity index (χ0v) is 18.5. The Morgan fingerprint density at radius 1 is 1.03 bits per heavy atom. The van der Waals surface area contributed by atoms with Gasteiger partial charge < -0.3 is 18.6 Å². The summed E-state index contributed by atoms with van der Waals surface area (Å²) in [4.78, 5) is 35.6. The van der Waals surface area contributed by atoms with Gasteiger partial charge in [-0.25, -0.2) is 4.79 Å². The number of carbonyl (C=O) groups excluding carboxylic acids is 2. The molecule has 0 bridgehead atoms. The van der Waals surface area contributed by atoms with Gasteiger partial charge in [0, 0.05) is 29.5 Å². The summed E-state index contributed by atoms with van der Waals surface area (Å²) in [5.74, 6) is 0.345. The average molecular weight is 452 g/mol. The molecule has 0 radical (unpaired) electrons. The third-order valence-corrected chi connectivity index (χ3v) is 5.05. The van der Waals surface area contributed by atoms with Gasteiger partial charge in [-0.15, -0.1) is 0 Å². The van der Waals surface area contributed by atoms with Gasteiger partial charge in [-0.3, -0.25) is 20.4 Å². The summed E-state index contributed by atoms with van der Waals surface area (Å²) in [7, 11) is 0. The van der Waals surface area contributed by atoms with Crippen LogP contribution < -0.4 is 30.7 Å². The van der Waals surface area contributed by atoms with Crippen LogP contribution in [0.1, 0.15) is 25.0 Å². The summed E-state index contributed by atoms with van der Waals surface area (Å²) in [6.45, 7) is 5.12. The normalized spacial score (nSPS) is 13.7. The highest BCUT2D eigenvalue weighted by molar-refractivity contribution is 5.84. The molecule has 2 heterocycles. The minimum Gasteiger partial charge on any atom is -0.484 e. The number of para-hydroxylation sites is 1. The number of carbonyl (C=O) groups is 2. The van der Waals surface area contributed by atoms with Gasteiger partial charge in [0.25, 0.3) is 11.8 Å². The lowest BCUT2D eigenvalue weighted by molar-refractivity contribution is -0.131. The third kappa shape index (κ3) is 5.25. The summed E-state index contributed by atoms with van der Waals surface area (Å²) in [5.41, 5.74) is 5.91. The van der Waals surface area contributed by atoms with E-state index in [4.69, 9.17) is 18.6 Å². The number of fused-ring (bicyclic) bond motifs is 2. The predicted octanol–water partition coefficient (Wildman–Crippen LogP) is 2.42. The molecule has 0 saturated carbocycles. The Morgan fingerprint density at radius 3 is 2.52 bits per heavy atom. The number of aryl methyl sites for hydroxylation is 1. The Morgan fingerprint density at radius 2 is 1.76 bits per heavy atom. The van der Waals surface area contributed by atoms with Crippen molar-refractivity contribution < 1.29 is 28.2 Å². The van der Waals surface area contributed by atoms with Crippen LogP contribution in [0.4, 0.5) is 0 Å². The summed E-state index contributed by atoms with van der Waals surface area (Å²) >= 11 is 0. The summed E-state index contributed by atoms with van der Waals surface area (Å²) in [6, 6.07) is 11.9. The van der Waals surface area contributed by atoms with Crippen molar-refractivity contribution in [3.63, 3.8) is 0 Å². The maximum Gasteiger partial charge on any atom is 0.336 e. The number of hydrazine groups is 1. The molecule has 9 nitrogen and oxygen atoms in total. The van der Waals surface area contributed by atoms with Crippen LogP contribution in [-0.2, 0) is 16.0 Å². The number of ether oxygens (including phenoxy) is 3. The first-order valence-electron chi connectivity index (χ1n) is 10.4. The smallest absolute Gasteiger partial charge is 0.336 e. The van der Waals surface area contributed by atoms with Crippen molar-refractivity contribution in [2.45, 2.75) is 32.8 Å². The Hall–Kier alpha value is -4.01. The fraction of sp³-hybridized carbons (Fsp3) is 0.292. The summed E-state index contributed by atoms with van der Waals surface area (Å²) in [6.07, 6.45) is 0.755. The largest absolute Gasteiger partial charge is 0.484 e. The molecule has 1 aromatic heterocycles. The van der Waals surface area contributed by atoms with Crippen LogP contribution in [0.3, 0.4) is 0 Å². The molecule has 0 saturated heterocycles. The molecule has 0 fully saturated rings. The van der Waals surface area contributed by atoms with E-state index in [9.17, 15) is 14.4 Å². The number of rotatable bonds is 6. The summed E-state index contributed by atoms with van der Waals surface area (Å²) in [5, 5.41) is 0.775. The van der Waals surface area contributed by atoms with E-state index in [0.717, 1.165) is 22.9 Å². The minimum absolute atomic E-state index is 0.301. The van der Waals surface area contributed by atoms with Crippen molar-refractivity contribution in [2.75, 3.05) is 13.2 Å². The molecule has 0 aliphatic carbocycles. The quantitative estimate of drug-likeness (QED) is 0.436. The predicted molar refractivity (Wildman–Crippen MR) is 119 cm³/mol. The van der Waals surface area contributed by atoms with E-state index < -0.39 is 17.4 Å². The maximum atomic E-state index is 12.1. The van der Waals surface area contributed by atoms with E-state index >= 15 is 0 Å². The average Bonchev–Trinajstić information content (AvgIpc) is 3.08. The monoisotopic (exact) mass is 452 g/mol. The van der Waals surface area contributed by atoms with Crippen LogP contribution >= 0.6 is 0 Å². The Kier molecular flexibility index (Phi) is 5.95. The number of hydrogen-bond acceptors (Lipinski definition) is 7. The van der Waals surface area contributed by atoms with Gasteiger partial charge >= 0.3 is 5.63 Å². The fourth-order valence-electron chi connectivity index (χ4n) is 3.60. The molecule has 2 aromatic carbocycles. The van der Waals surface area contributed by atoms with E-state index in [1.54, 1.807) is 25.1 Å². The van der Waals surface area contributed by atoms with Crippen LogP contribution in [0.25, 0.3) is 11.0 Å². The lowest BCUT2D eigenvalue weighted by atomic mass is 10.0. The van der Waals surface area contributed by atoms with Crippen molar-refractivity contribution in [1.82, 2.24) is 10.9 Å². The van der Waals surface area contributed by atoms with E-state index in [1.807, 2.05) is 26.0 Å². The molecule has 1 aliphatic rings. The van der Waals surface area contributed by atoms with E-state index in [0.29, 0.717) is 22.8 Å². The van der Waals surface area contributed by atoms with Gasteiger partial charge in [0.1, 0.15) is 16.9 Å². The van der Waals surface area contributed by atoms with Gasteiger partial charge in [0.05, 0.1) is 0 Å². The van der Waals surface area contributed by atoms with Gasteiger partial charge in [-0.05, 0) is 44.5 Å². The van der Waals surface area contributed by atoms with Crippen molar-refractivity contribution >= 4 is 22.8 Å². The molecular weight excluding hydrogens is 428 g/mol. The maximum absolute atomic E-state index is 12.1. The molecule has 1 aliphatic heterocycles. The number of amides is 2. The second-order valence-electron chi connectivity index (χ2n) is 8.36. The zero-order chi connectivity index (χ0) is 23.6. The highest BCUT2D eigenvalue weighted by Crippen LogP contribution is 2.41. The number of benzene rings is 2. The second-order valence-corrected chi connectivity index (χ2v) is 8.36. The van der Waals surface area contributed by atoms with Gasteiger partial charge in [0.2, 0.25) is 0 Å². The van der Waals surface area contributed by atoms with E-state index in [2.05, 4.69) is 10.9 Å². The first-order chi connectivity index (χ1) is 15.7. The van der Waals surface area contributed by atoms with Crippen molar-refractivity contribution in [2.24, 2.45) is 0 Å². The molecule has 33 heavy (non-hydrogen) atoms. The van der Waals surface area contributed by atoms with Crippen LogP contribution in [0.5, 0.6) is 17.2 Å². The molecule has 9 heteroatoms. The van der Waals surface area contributed by atoms with E-state index in [-0.39, 0.29) is 18.8 Å². The standard InChI is InChI=1S/C24H24N2O7/c1-14-9-22(29)32-19-10-16(7-8-17(14)19)30-12-20(27)25-26-21(28)13-31-18-6-4-5-15-11-24(2,3)33-23(15)18/h4-10H,11-13H2,1-3H3,(H,25,27)(H,26,28). The van der Waals surface area contributed by atoms with Crippen LogP contribution in [0.2, 0.25) is 0 Å². The van der Waals surface area contributed by atoms with Gasteiger partial charge in [-0.1, -0.05) is 12.1 Å². The Labute approximate surface area is 189 Å². The number of nitrogens with one attached hydrogen (secondary N) is 2. The SMILES string of the molecule is Cc1cc(=O)oc2cc(OCC(=O)NNC(=O)COc3cccc4c3OC(C)(C)C4)ccc12. The van der Waals surface area contributed by atoms with Crippen molar-refractivity contribution in [3.8, 4) is 17.2 Å². The van der Waals surface area contributed by atoms with E-state index in [1.165, 1.54) is 12.1 Å². The lowest BCUT2D eigenvalue weighted by Gasteiger charge is -2.18. The first kappa shape index (κ1) is 22.2. The van der Waals surface area contributed by atoms with Crippen molar-refractivity contribution in [1.29, 1.82) is 0 Å². The van der Waals surface area contributed by atoms with Crippen LogP contribution in [0, 0.1) is 6.92 Å². The third-order valence-electron chi connectivity index (χ3n) is 5.05. The number of hydrogen-bond donors (Lipinski definition) is 2. The highest BCUT2D eigenvalue weighted by atomic mass is 16.5. The molecule has 4 rings (SSSR count). The van der Waals surface area contributed by atoms with Gasteiger partial charge in [0.15, 0.2) is 24.7 Å². The van der Waals surface area contributed by atoms with Crippen LogP contribution in [0.15, 0.2) is 51.7 Å². The zero-order valence-electron chi connectivity index (χ0n) is 18.5. The Bertz CT molecular complexity index is 1280. The molecule has 2 N–H and O–H groups in total. The lowest BCUT2D eigenvalue weighted by Crippen LogP contribution is -2.45. The highest BCUT2D eigenvalue weighted by Gasteiger charge is 2.32. The second kappa shape index (κ2) is 8.85. The fourth-order valence-corrected chi connectivity index (χ4v) is 3.60. The van der Waals surface area contributed by atoms with Crippen molar-refractivity contribution in [3.05, 3.63) is 64.0 Å². The first-order valence-corrected chi connectivity index (χ1v) is 10.4. The molecule has 0 spiro atoms. The molecule has 2 amide bonds. The van der Waals surface area contributed by atoms with Gasteiger partial charge in [-0.2, -0.15) is 0 Å². The summed E-state index contributed by atoms with van der Waals surface area (Å²) < 4.78 is 22.0. The minimum atomic E-state index is -0.570. The molecule has 0 atom stereocenters. The molecular formula is C24H24N2O7. The molecule has 172 valence electrons. The topological polar surface area (TPSA) is 116 Å². The Balaban J connectivity index is 1.25. The van der Waals surface area contributed by atoms with Crippen LogP contribution in [-0.4, -0.2) is 30.6 Å². The molecule has 0 unspecified atom stereocenters.